The lowest BCUT2D eigenvalue weighted by Gasteiger charge is -2.22. The molecule has 0 saturated carbocycles. The van der Waals surface area contributed by atoms with Gasteiger partial charge >= 0.3 is 12.0 Å². The van der Waals surface area contributed by atoms with Gasteiger partial charge < -0.3 is 15.3 Å². The molecule has 122 valence electrons. The van der Waals surface area contributed by atoms with E-state index in [0.717, 1.165) is 38.3 Å². The van der Waals surface area contributed by atoms with Gasteiger partial charge in [-0.3, -0.25) is 4.79 Å². The van der Waals surface area contributed by atoms with E-state index in [1.54, 1.807) is 0 Å². The van der Waals surface area contributed by atoms with Crippen molar-refractivity contribution in [3.63, 3.8) is 0 Å². The molecule has 1 saturated heterocycles. The first-order valence-corrected chi connectivity index (χ1v) is 8.34. The third kappa shape index (κ3) is 6.36. The smallest absolute Gasteiger partial charge is 0.317 e. The van der Waals surface area contributed by atoms with Gasteiger partial charge in [0.2, 0.25) is 0 Å². The number of urea groups is 1. The van der Waals surface area contributed by atoms with Crippen LogP contribution in [-0.4, -0.2) is 41.6 Å². The summed E-state index contributed by atoms with van der Waals surface area (Å²) in [6, 6.07) is -0.102. The number of carboxylic acids is 1. The second kappa shape index (κ2) is 9.64. The normalized spacial score (nSPS) is 20.7. The lowest BCUT2D eigenvalue weighted by Crippen LogP contribution is -2.43. The van der Waals surface area contributed by atoms with E-state index in [2.05, 4.69) is 12.2 Å². The first kappa shape index (κ1) is 17.8. The number of amides is 2. The molecular weight excluding hydrogens is 268 g/mol. The van der Waals surface area contributed by atoms with E-state index in [0.29, 0.717) is 6.42 Å². The minimum atomic E-state index is -0.823. The van der Waals surface area contributed by atoms with E-state index in [1.807, 2.05) is 11.8 Å². The molecule has 1 heterocycles. The highest BCUT2D eigenvalue weighted by atomic mass is 16.4. The minimum absolute atomic E-state index is 0.102. The van der Waals surface area contributed by atoms with Crippen LogP contribution in [0.2, 0.25) is 0 Å². The maximum atomic E-state index is 12.2. The molecule has 0 aromatic carbocycles. The predicted octanol–water partition coefficient (Wildman–Crippen LogP) is 3.10. The van der Waals surface area contributed by atoms with E-state index in [1.165, 1.54) is 19.3 Å². The van der Waals surface area contributed by atoms with Crippen molar-refractivity contribution >= 4 is 12.0 Å². The highest BCUT2D eigenvalue weighted by Gasteiger charge is 2.22. The molecule has 2 unspecified atom stereocenters. The average Bonchev–Trinajstić information content (AvgIpc) is 2.69. The van der Waals surface area contributed by atoms with Crippen molar-refractivity contribution in [2.75, 3.05) is 19.6 Å². The Labute approximate surface area is 128 Å². The Bertz CT molecular complexity index is 333. The number of carboxylic acid groups (broad SMARTS) is 1. The van der Waals surface area contributed by atoms with Crippen LogP contribution in [0.3, 0.4) is 0 Å². The molecule has 5 heteroatoms. The van der Waals surface area contributed by atoms with Crippen molar-refractivity contribution in [2.45, 2.75) is 58.8 Å². The van der Waals surface area contributed by atoms with Crippen molar-refractivity contribution in [3.8, 4) is 0 Å². The van der Waals surface area contributed by atoms with Gasteiger partial charge in [-0.25, -0.2) is 4.79 Å². The molecule has 0 aliphatic carbocycles. The Balaban J connectivity index is 2.39. The van der Waals surface area contributed by atoms with Gasteiger partial charge in [0.25, 0.3) is 0 Å². The number of aliphatic carboxylic acids is 1. The molecule has 0 aromatic heterocycles. The number of carbonyl (C=O) groups is 2. The quantitative estimate of drug-likeness (QED) is 0.758. The summed E-state index contributed by atoms with van der Waals surface area (Å²) >= 11 is 0. The van der Waals surface area contributed by atoms with Gasteiger partial charge in [0.15, 0.2) is 0 Å². The summed E-state index contributed by atoms with van der Waals surface area (Å²) in [5.41, 5.74) is 0. The van der Waals surface area contributed by atoms with Gasteiger partial charge in [-0.15, -0.1) is 0 Å². The molecule has 1 fully saturated rings. The van der Waals surface area contributed by atoms with Crippen molar-refractivity contribution in [3.05, 3.63) is 0 Å². The highest BCUT2D eigenvalue weighted by Crippen LogP contribution is 2.21. The summed E-state index contributed by atoms with van der Waals surface area (Å²) in [7, 11) is 0. The van der Waals surface area contributed by atoms with Crippen LogP contribution < -0.4 is 5.32 Å². The van der Waals surface area contributed by atoms with Crippen LogP contribution in [0.25, 0.3) is 0 Å². The molecule has 0 aromatic rings. The Morgan fingerprint density at radius 1 is 1.24 bits per heavy atom. The van der Waals surface area contributed by atoms with E-state index >= 15 is 0 Å². The second-order valence-electron chi connectivity index (χ2n) is 6.08. The summed E-state index contributed by atoms with van der Waals surface area (Å²) < 4.78 is 0. The Morgan fingerprint density at radius 3 is 2.62 bits per heavy atom. The molecular formula is C16H30N2O3. The molecule has 0 bridgehead atoms. The first-order valence-electron chi connectivity index (χ1n) is 8.34. The monoisotopic (exact) mass is 298 g/mol. The Hall–Kier alpha value is -1.26. The third-order valence-electron chi connectivity index (χ3n) is 4.32. The molecule has 1 aliphatic heterocycles. The predicted molar refractivity (Wildman–Crippen MR) is 83.3 cm³/mol. The molecule has 1 aliphatic rings. The van der Waals surface area contributed by atoms with Crippen molar-refractivity contribution in [2.24, 2.45) is 11.8 Å². The second-order valence-corrected chi connectivity index (χ2v) is 6.08. The van der Waals surface area contributed by atoms with Gasteiger partial charge in [-0.2, -0.15) is 0 Å². The highest BCUT2D eigenvalue weighted by molar-refractivity contribution is 5.76. The maximum absolute atomic E-state index is 12.2. The van der Waals surface area contributed by atoms with Crippen LogP contribution in [0.4, 0.5) is 4.79 Å². The number of hydrogen-bond acceptors (Lipinski definition) is 2. The zero-order valence-electron chi connectivity index (χ0n) is 13.4. The molecule has 21 heavy (non-hydrogen) atoms. The molecule has 2 atom stereocenters. The largest absolute Gasteiger partial charge is 0.481 e. The van der Waals surface area contributed by atoms with Crippen LogP contribution in [0.1, 0.15) is 58.8 Å². The maximum Gasteiger partial charge on any atom is 0.317 e. The van der Waals surface area contributed by atoms with Crippen LogP contribution in [-0.2, 0) is 4.79 Å². The third-order valence-corrected chi connectivity index (χ3v) is 4.32. The van der Waals surface area contributed by atoms with E-state index < -0.39 is 11.9 Å². The number of nitrogens with one attached hydrogen (secondary N) is 1. The van der Waals surface area contributed by atoms with Gasteiger partial charge in [0.1, 0.15) is 0 Å². The van der Waals surface area contributed by atoms with Gasteiger partial charge in [-0.05, 0) is 31.6 Å². The lowest BCUT2D eigenvalue weighted by atomic mass is 9.96. The fourth-order valence-corrected chi connectivity index (χ4v) is 3.05. The van der Waals surface area contributed by atoms with Crippen LogP contribution in [0, 0.1) is 11.8 Å². The first-order chi connectivity index (χ1) is 10.1. The van der Waals surface area contributed by atoms with Crippen LogP contribution in [0.15, 0.2) is 0 Å². The van der Waals surface area contributed by atoms with E-state index in [4.69, 9.17) is 5.11 Å². The standard InChI is InChI=1S/C16H30N2O3/c1-3-6-13-8-5-10-18(11-9-13)16(21)17-12-14(7-4-2)15(19)20/h13-14H,3-12H2,1-2H3,(H,17,21)(H,19,20). The number of likely N-dealkylation sites (tertiary alicyclic amines) is 1. The molecule has 1 rings (SSSR count). The van der Waals surface area contributed by atoms with Crippen LogP contribution >= 0.6 is 0 Å². The molecule has 2 N–H and O–H groups in total. The summed E-state index contributed by atoms with van der Waals surface area (Å²) in [4.78, 5) is 25.1. The molecule has 0 radical (unpaired) electrons. The summed E-state index contributed by atoms with van der Waals surface area (Å²) in [6.07, 6.45) is 7.18. The summed E-state index contributed by atoms with van der Waals surface area (Å²) in [5.74, 6) is -0.561. The summed E-state index contributed by atoms with van der Waals surface area (Å²) in [5, 5.41) is 11.9. The van der Waals surface area contributed by atoms with E-state index in [9.17, 15) is 9.59 Å². The van der Waals surface area contributed by atoms with Gasteiger partial charge in [0, 0.05) is 19.6 Å². The Morgan fingerprint density at radius 2 is 2.00 bits per heavy atom. The SMILES string of the molecule is CCCC1CCCN(C(=O)NCC(CCC)C(=O)O)CC1. The van der Waals surface area contributed by atoms with Crippen molar-refractivity contribution in [1.82, 2.24) is 10.2 Å². The van der Waals surface area contributed by atoms with E-state index in [-0.39, 0.29) is 12.6 Å². The zero-order valence-corrected chi connectivity index (χ0v) is 13.4. The zero-order chi connectivity index (χ0) is 15.7. The number of carbonyl (C=O) groups excluding carboxylic acids is 1. The van der Waals surface area contributed by atoms with Crippen LogP contribution in [0.5, 0.6) is 0 Å². The van der Waals surface area contributed by atoms with Gasteiger partial charge in [-0.1, -0.05) is 33.1 Å². The number of rotatable bonds is 7. The molecule has 5 nitrogen and oxygen atoms in total. The number of nitrogens with zero attached hydrogens (tertiary/aromatic N) is 1. The minimum Gasteiger partial charge on any atom is -0.481 e. The lowest BCUT2D eigenvalue weighted by molar-refractivity contribution is -0.141. The molecule has 0 spiro atoms. The average molecular weight is 298 g/mol. The Kier molecular flexibility index (Phi) is 8.16. The fourth-order valence-electron chi connectivity index (χ4n) is 3.05. The fraction of sp³-hybridized carbons (Fsp3) is 0.875. The number of hydrogen-bond donors (Lipinski definition) is 2. The molecule has 2 amide bonds. The van der Waals surface area contributed by atoms with Crippen molar-refractivity contribution < 1.29 is 14.7 Å². The summed E-state index contributed by atoms with van der Waals surface area (Å²) in [6.45, 7) is 5.98. The topological polar surface area (TPSA) is 69.6 Å². The van der Waals surface area contributed by atoms with Gasteiger partial charge in [0.05, 0.1) is 5.92 Å². The van der Waals surface area contributed by atoms with Crippen molar-refractivity contribution in [1.29, 1.82) is 0 Å².